The molecule has 144 valence electrons. The Kier molecular flexibility index (Phi) is 5.85. The molecule has 0 bridgehead atoms. The molecule has 27 heavy (non-hydrogen) atoms. The van der Waals surface area contributed by atoms with Crippen molar-refractivity contribution in [1.82, 2.24) is 0 Å². The van der Waals surface area contributed by atoms with Crippen LogP contribution in [0, 0.1) is 16.0 Å². The maximum Gasteiger partial charge on any atom is 0.387 e. The molecule has 1 N–H and O–H groups in total. The number of halogens is 2. The zero-order valence-electron chi connectivity index (χ0n) is 14.5. The van der Waals surface area contributed by atoms with Gasteiger partial charge in [-0.15, -0.1) is 0 Å². The van der Waals surface area contributed by atoms with Crippen molar-refractivity contribution in [3.63, 3.8) is 0 Å². The Balaban J connectivity index is 1.72. The first-order chi connectivity index (χ1) is 13.0. The summed E-state index contributed by atoms with van der Waals surface area (Å²) in [5, 5.41) is 21.5. The average molecular weight is 378 g/mol. The SMILES string of the molecule is O=[N+]([O-])c1ccc(N2CCC(C(O)c3ccccc3)CC2)c(OC(F)F)c1. The normalized spacial score (nSPS) is 16.4. The quantitative estimate of drug-likeness (QED) is 0.604. The van der Waals surface area contributed by atoms with Crippen molar-refractivity contribution in [2.24, 2.45) is 5.92 Å². The highest BCUT2D eigenvalue weighted by Crippen LogP contribution is 2.38. The Morgan fingerprint density at radius 1 is 1.15 bits per heavy atom. The van der Waals surface area contributed by atoms with Crippen molar-refractivity contribution >= 4 is 11.4 Å². The van der Waals surface area contributed by atoms with Gasteiger partial charge in [0, 0.05) is 19.2 Å². The van der Waals surface area contributed by atoms with Crippen LogP contribution in [0.25, 0.3) is 0 Å². The zero-order chi connectivity index (χ0) is 19.4. The number of piperidine rings is 1. The molecule has 0 spiro atoms. The lowest BCUT2D eigenvalue weighted by Gasteiger charge is -2.36. The number of anilines is 1. The number of alkyl halides is 2. The summed E-state index contributed by atoms with van der Waals surface area (Å²) in [6, 6.07) is 13.1. The molecule has 8 heteroatoms. The summed E-state index contributed by atoms with van der Waals surface area (Å²) in [6.45, 7) is -2.00. The Labute approximate surface area is 155 Å². The number of ether oxygens (including phenoxy) is 1. The number of aliphatic hydroxyl groups excluding tert-OH is 1. The van der Waals surface area contributed by atoms with Crippen LogP contribution in [0.2, 0.25) is 0 Å². The molecular formula is C19H20F2N2O4. The highest BCUT2D eigenvalue weighted by molar-refractivity contribution is 5.62. The van der Waals surface area contributed by atoms with E-state index in [0.29, 0.717) is 31.6 Å². The number of nitro groups is 1. The fraction of sp³-hybridized carbons (Fsp3) is 0.368. The van der Waals surface area contributed by atoms with Gasteiger partial charge in [-0.05, 0) is 30.4 Å². The Hall–Kier alpha value is -2.74. The molecule has 0 radical (unpaired) electrons. The molecular weight excluding hydrogens is 358 g/mol. The molecule has 2 aromatic carbocycles. The van der Waals surface area contributed by atoms with E-state index in [1.165, 1.54) is 12.1 Å². The summed E-state index contributed by atoms with van der Waals surface area (Å²) >= 11 is 0. The van der Waals surface area contributed by atoms with Crippen molar-refractivity contribution in [3.05, 3.63) is 64.2 Å². The third kappa shape index (κ3) is 4.51. The largest absolute Gasteiger partial charge is 0.432 e. The van der Waals surface area contributed by atoms with Gasteiger partial charge in [0.2, 0.25) is 0 Å². The Bertz CT molecular complexity index is 781. The number of non-ortho nitro benzene ring substituents is 1. The van der Waals surface area contributed by atoms with E-state index in [1.807, 2.05) is 35.2 Å². The molecule has 3 rings (SSSR count). The van der Waals surface area contributed by atoms with Crippen molar-refractivity contribution < 1.29 is 23.5 Å². The standard InChI is InChI=1S/C19H20F2N2O4/c20-19(21)27-17-12-15(23(25)26)6-7-16(17)22-10-8-14(9-11-22)18(24)13-4-2-1-3-5-13/h1-7,12,14,18-19,24H,8-11H2. The van der Waals surface area contributed by atoms with Crippen LogP contribution < -0.4 is 9.64 Å². The summed E-state index contributed by atoms with van der Waals surface area (Å²) in [6.07, 6.45) is 0.754. The fourth-order valence-electron chi connectivity index (χ4n) is 3.45. The molecule has 1 aliphatic heterocycles. The van der Waals surface area contributed by atoms with E-state index in [4.69, 9.17) is 0 Å². The maximum absolute atomic E-state index is 12.7. The van der Waals surface area contributed by atoms with Crippen molar-refractivity contribution in [2.45, 2.75) is 25.6 Å². The first kappa shape index (κ1) is 19.0. The second kappa shape index (κ2) is 8.30. The fourth-order valence-corrected chi connectivity index (χ4v) is 3.45. The van der Waals surface area contributed by atoms with Gasteiger partial charge >= 0.3 is 6.61 Å². The van der Waals surface area contributed by atoms with Crippen LogP contribution in [0.4, 0.5) is 20.2 Å². The second-order valence-electron chi connectivity index (χ2n) is 6.47. The van der Waals surface area contributed by atoms with E-state index in [2.05, 4.69) is 4.74 Å². The molecule has 6 nitrogen and oxygen atoms in total. The minimum atomic E-state index is -3.07. The topological polar surface area (TPSA) is 75.8 Å². The van der Waals surface area contributed by atoms with Crippen LogP contribution in [0.1, 0.15) is 24.5 Å². The smallest absolute Gasteiger partial charge is 0.387 e. The number of rotatable bonds is 6. The van der Waals surface area contributed by atoms with Crippen LogP contribution >= 0.6 is 0 Å². The predicted molar refractivity (Wildman–Crippen MR) is 96.1 cm³/mol. The Morgan fingerprint density at radius 3 is 2.41 bits per heavy atom. The molecule has 1 atom stereocenters. The molecule has 0 saturated carbocycles. The number of nitrogens with zero attached hydrogens (tertiary/aromatic N) is 2. The number of hydrogen-bond donors (Lipinski definition) is 1. The predicted octanol–water partition coefficient (Wildman–Crippen LogP) is 4.15. The summed E-state index contributed by atoms with van der Waals surface area (Å²) in [5.74, 6) is -0.151. The van der Waals surface area contributed by atoms with Gasteiger partial charge in [0.05, 0.1) is 22.8 Å². The van der Waals surface area contributed by atoms with Crippen LogP contribution in [-0.2, 0) is 0 Å². The van der Waals surface area contributed by atoms with Gasteiger partial charge in [-0.1, -0.05) is 30.3 Å². The first-order valence-electron chi connectivity index (χ1n) is 8.67. The van der Waals surface area contributed by atoms with Crippen LogP contribution in [0.3, 0.4) is 0 Å². The van der Waals surface area contributed by atoms with Crippen LogP contribution in [0.15, 0.2) is 48.5 Å². The molecule has 0 aromatic heterocycles. The summed E-state index contributed by atoms with van der Waals surface area (Å²) in [5.41, 5.74) is 0.949. The summed E-state index contributed by atoms with van der Waals surface area (Å²) in [4.78, 5) is 12.1. The maximum atomic E-state index is 12.7. The van der Waals surface area contributed by atoms with Gasteiger partial charge in [-0.3, -0.25) is 10.1 Å². The van der Waals surface area contributed by atoms with Gasteiger partial charge < -0.3 is 14.7 Å². The second-order valence-corrected chi connectivity index (χ2v) is 6.47. The molecule has 1 fully saturated rings. The number of aliphatic hydroxyl groups is 1. The van der Waals surface area contributed by atoms with Crippen LogP contribution in [0.5, 0.6) is 5.75 Å². The molecule has 0 amide bonds. The third-order valence-electron chi connectivity index (χ3n) is 4.84. The van der Waals surface area contributed by atoms with Crippen molar-refractivity contribution in [2.75, 3.05) is 18.0 Å². The van der Waals surface area contributed by atoms with E-state index in [0.717, 1.165) is 11.6 Å². The van der Waals surface area contributed by atoms with E-state index >= 15 is 0 Å². The monoisotopic (exact) mass is 378 g/mol. The highest BCUT2D eigenvalue weighted by Gasteiger charge is 2.28. The lowest BCUT2D eigenvalue weighted by molar-refractivity contribution is -0.385. The molecule has 1 unspecified atom stereocenters. The summed E-state index contributed by atoms with van der Waals surface area (Å²) < 4.78 is 29.9. The van der Waals surface area contributed by atoms with Gasteiger partial charge in [0.25, 0.3) is 5.69 Å². The van der Waals surface area contributed by atoms with E-state index in [1.54, 1.807) is 0 Å². The van der Waals surface area contributed by atoms with E-state index in [-0.39, 0.29) is 17.4 Å². The van der Waals surface area contributed by atoms with Gasteiger partial charge in [-0.2, -0.15) is 8.78 Å². The van der Waals surface area contributed by atoms with Crippen molar-refractivity contribution in [1.29, 1.82) is 0 Å². The van der Waals surface area contributed by atoms with Gasteiger partial charge in [0.1, 0.15) is 0 Å². The van der Waals surface area contributed by atoms with Gasteiger partial charge in [0.15, 0.2) is 5.75 Å². The number of hydrogen-bond acceptors (Lipinski definition) is 5. The van der Waals surface area contributed by atoms with Crippen LogP contribution in [-0.4, -0.2) is 29.7 Å². The van der Waals surface area contributed by atoms with E-state index < -0.39 is 17.6 Å². The molecule has 1 saturated heterocycles. The zero-order valence-corrected chi connectivity index (χ0v) is 14.5. The highest BCUT2D eigenvalue weighted by atomic mass is 19.3. The van der Waals surface area contributed by atoms with Crippen molar-refractivity contribution in [3.8, 4) is 5.75 Å². The summed E-state index contributed by atoms with van der Waals surface area (Å²) in [7, 11) is 0. The molecule has 1 heterocycles. The lowest BCUT2D eigenvalue weighted by atomic mass is 9.87. The lowest BCUT2D eigenvalue weighted by Crippen LogP contribution is -2.36. The number of benzene rings is 2. The minimum Gasteiger partial charge on any atom is -0.432 e. The Morgan fingerprint density at radius 2 is 1.81 bits per heavy atom. The molecule has 0 aliphatic carbocycles. The van der Waals surface area contributed by atoms with Gasteiger partial charge in [-0.25, -0.2) is 0 Å². The third-order valence-corrected chi connectivity index (χ3v) is 4.84. The number of nitro benzene ring substituents is 1. The van der Waals surface area contributed by atoms with E-state index in [9.17, 15) is 24.0 Å². The average Bonchev–Trinajstić information content (AvgIpc) is 2.68. The molecule has 2 aromatic rings. The minimum absolute atomic E-state index is 0.0566. The molecule has 1 aliphatic rings. The first-order valence-corrected chi connectivity index (χ1v) is 8.67.